The van der Waals surface area contributed by atoms with Crippen LogP contribution in [-0.4, -0.2) is 37.9 Å². The maximum atomic E-state index is 13.7. The van der Waals surface area contributed by atoms with Crippen LogP contribution in [0.2, 0.25) is 15.2 Å². The van der Waals surface area contributed by atoms with Crippen molar-refractivity contribution in [3.05, 3.63) is 129 Å². The fourth-order valence-corrected chi connectivity index (χ4v) is 5.99. The topological polar surface area (TPSA) is 88.2 Å². The van der Waals surface area contributed by atoms with Crippen molar-refractivity contribution in [1.82, 2.24) is 19.6 Å². The van der Waals surface area contributed by atoms with E-state index in [-0.39, 0.29) is 56.3 Å². The van der Waals surface area contributed by atoms with Crippen LogP contribution in [0.3, 0.4) is 0 Å². The third kappa shape index (κ3) is 7.35. The largest absolute Gasteiger partial charge is 0.490 e. The van der Waals surface area contributed by atoms with E-state index in [1.165, 1.54) is 36.0 Å². The maximum Gasteiger partial charge on any atom is 0.490 e. The molecule has 1 aliphatic heterocycles. The van der Waals surface area contributed by atoms with Gasteiger partial charge in [-0.15, -0.1) is 0 Å². The number of rotatable bonds is 2. The van der Waals surface area contributed by atoms with Gasteiger partial charge in [-0.3, -0.25) is 9.59 Å². The Morgan fingerprint density at radius 3 is 1.75 bits per heavy atom. The van der Waals surface area contributed by atoms with Crippen molar-refractivity contribution >= 4 is 59.6 Å². The summed E-state index contributed by atoms with van der Waals surface area (Å²) in [6, 6.07) is 13.0. The first-order valence-corrected chi connectivity index (χ1v) is 16.1. The molecule has 0 atom stereocenters. The Kier molecular flexibility index (Phi) is 10.2. The summed E-state index contributed by atoms with van der Waals surface area (Å²) in [4.78, 5) is 22.3. The normalized spacial score (nSPS) is 16.6. The van der Waals surface area contributed by atoms with Crippen molar-refractivity contribution in [2.24, 2.45) is 14.1 Å². The van der Waals surface area contributed by atoms with Gasteiger partial charge >= 0.3 is 7.12 Å². The van der Waals surface area contributed by atoms with E-state index in [0.717, 1.165) is 26.9 Å². The summed E-state index contributed by atoms with van der Waals surface area (Å²) in [7, 11) is 2.65. The SMILES string of the molecule is CC1(C)OB(C2=Cc3c(F)cccc3C2)OC1(C)C.Cn1nc(C2=Cc3c(F)cccc3C2)cc(Cl)c1=O.Cn1nc(Cl)cc(Cl)c1=O. The molecule has 4 aromatic rings. The third-order valence-electron chi connectivity index (χ3n) is 8.60. The minimum Gasteiger partial charge on any atom is -0.400 e. The van der Waals surface area contributed by atoms with Crippen LogP contribution in [0.1, 0.15) is 55.6 Å². The second-order valence-corrected chi connectivity index (χ2v) is 13.7. The molecule has 1 fully saturated rings. The smallest absolute Gasteiger partial charge is 0.400 e. The Balaban J connectivity index is 0.000000148. The summed E-state index contributed by atoms with van der Waals surface area (Å²) in [5.41, 5.74) is 4.25. The number of nitrogens with zero attached hydrogens (tertiary/aromatic N) is 4. The van der Waals surface area contributed by atoms with E-state index >= 15 is 0 Å². The molecular formula is C34H32BCl3F2N4O4. The molecule has 0 saturated carbocycles. The molecule has 0 unspecified atom stereocenters. The fraction of sp³-hybridized carbons (Fsp3) is 0.294. The van der Waals surface area contributed by atoms with Gasteiger partial charge in [0, 0.05) is 37.7 Å². The number of benzene rings is 2. The number of hydrogen-bond donors (Lipinski definition) is 0. The third-order valence-corrected chi connectivity index (χ3v) is 9.33. The van der Waals surface area contributed by atoms with E-state index in [4.69, 9.17) is 44.1 Å². The van der Waals surface area contributed by atoms with E-state index < -0.39 is 0 Å². The Bertz CT molecular complexity index is 2030. The number of aryl methyl sites for hydroxylation is 2. The Morgan fingerprint density at radius 2 is 1.25 bits per heavy atom. The van der Waals surface area contributed by atoms with Crippen molar-refractivity contribution in [3.63, 3.8) is 0 Å². The number of fused-ring (bicyclic) bond motifs is 2. The van der Waals surface area contributed by atoms with E-state index in [2.05, 4.69) is 10.2 Å². The monoisotopic (exact) mass is 714 g/mol. The zero-order valence-corrected chi connectivity index (χ0v) is 29.3. The molecule has 48 heavy (non-hydrogen) atoms. The molecule has 2 aromatic carbocycles. The maximum absolute atomic E-state index is 13.7. The lowest BCUT2D eigenvalue weighted by molar-refractivity contribution is 0.00578. The second-order valence-electron chi connectivity index (χ2n) is 12.5. The van der Waals surface area contributed by atoms with Crippen LogP contribution in [0, 0.1) is 11.6 Å². The molecule has 3 heterocycles. The minimum absolute atomic E-state index is 0.0856. The molecular weight excluding hydrogens is 684 g/mol. The van der Waals surface area contributed by atoms with Crippen LogP contribution in [0.15, 0.2) is 63.6 Å². The van der Waals surface area contributed by atoms with E-state index in [0.29, 0.717) is 29.7 Å². The molecule has 1 saturated heterocycles. The minimum atomic E-state index is -0.378. The standard InChI is InChI=1S/C15H18BFO2.C14H10ClFN2O.C5H4Cl2N2O/c1-14(2)15(3,4)19-16(18-14)11-8-10-6-5-7-13(17)12(10)9-11;1-18-14(19)11(15)7-13(17-18)9-5-8-3-2-4-12(16)10(8)6-9;1-9-5(10)3(6)2-4(7)8-9/h5-7,9H,8H2,1-4H3;2-4,6-7H,5H2,1H3;2H,1H3. The van der Waals surface area contributed by atoms with Gasteiger partial charge in [0.15, 0.2) is 5.15 Å². The van der Waals surface area contributed by atoms with Crippen LogP contribution in [0.4, 0.5) is 8.78 Å². The summed E-state index contributed by atoms with van der Waals surface area (Å²) in [5, 5.41) is 8.19. The van der Waals surface area contributed by atoms with Crippen molar-refractivity contribution in [3.8, 4) is 0 Å². The van der Waals surface area contributed by atoms with Crippen molar-refractivity contribution in [2.75, 3.05) is 0 Å². The lowest BCUT2D eigenvalue weighted by atomic mass is 9.77. The fourth-order valence-electron chi connectivity index (χ4n) is 5.26. The zero-order chi connectivity index (χ0) is 35.1. The molecule has 2 aromatic heterocycles. The van der Waals surface area contributed by atoms with Crippen molar-refractivity contribution in [1.29, 1.82) is 0 Å². The highest BCUT2D eigenvalue weighted by molar-refractivity contribution is 6.56. The van der Waals surface area contributed by atoms with Gasteiger partial charge in [-0.2, -0.15) is 10.2 Å². The molecule has 0 N–H and O–H groups in total. The number of hydrogen-bond acceptors (Lipinski definition) is 6. The van der Waals surface area contributed by atoms with E-state index in [9.17, 15) is 18.4 Å². The molecule has 8 nitrogen and oxygen atoms in total. The first kappa shape index (κ1) is 35.7. The van der Waals surface area contributed by atoms with Crippen LogP contribution in [0.5, 0.6) is 0 Å². The molecule has 0 spiro atoms. The van der Waals surface area contributed by atoms with Crippen molar-refractivity contribution in [2.45, 2.75) is 51.7 Å². The average Bonchev–Trinajstić information content (AvgIpc) is 3.70. The summed E-state index contributed by atoms with van der Waals surface area (Å²) in [5.74, 6) is -0.424. The van der Waals surface area contributed by atoms with Crippen LogP contribution in [0.25, 0.3) is 17.7 Å². The highest BCUT2D eigenvalue weighted by Gasteiger charge is 2.52. The molecule has 14 heteroatoms. The molecule has 0 bridgehead atoms. The predicted molar refractivity (Wildman–Crippen MR) is 186 cm³/mol. The quantitative estimate of drug-likeness (QED) is 0.205. The van der Waals surface area contributed by atoms with Gasteiger partial charge in [0.1, 0.15) is 21.7 Å². The molecule has 0 radical (unpaired) electrons. The van der Waals surface area contributed by atoms with Gasteiger partial charge in [-0.1, -0.05) is 65.1 Å². The van der Waals surface area contributed by atoms with Gasteiger partial charge in [0.2, 0.25) is 0 Å². The number of halogens is 5. The Hall–Kier alpha value is -3.61. The lowest BCUT2D eigenvalue weighted by Crippen LogP contribution is -2.41. The van der Waals surface area contributed by atoms with Gasteiger partial charge < -0.3 is 9.31 Å². The summed E-state index contributed by atoms with van der Waals surface area (Å²) in [6.07, 6.45) is 4.92. The summed E-state index contributed by atoms with van der Waals surface area (Å²) >= 11 is 16.8. The van der Waals surface area contributed by atoms with Crippen molar-refractivity contribution < 1.29 is 18.1 Å². The lowest BCUT2D eigenvalue weighted by Gasteiger charge is -2.32. The number of allylic oxidation sites excluding steroid dienone is 2. The highest BCUT2D eigenvalue weighted by Crippen LogP contribution is 2.41. The first-order chi connectivity index (χ1) is 22.5. The van der Waals surface area contributed by atoms with Crippen LogP contribution in [-0.2, 0) is 36.2 Å². The number of aromatic nitrogens is 4. The zero-order valence-electron chi connectivity index (χ0n) is 27.1. The Labute approximate surface area is 291 Å². The van der Waals surface area contributed by atoms with E-state index in [1.807, 2.05) is 45.9 Å². The van der Waals surface area contributed by atoms with Gasteiger partial charge in [0.25, 0.3) is 11.1 Å². The molecule has 7 rings (SSSR count). The van der Waals surface area contributed by atoms with Crippen LogP contribution >= 0.6 is 34.8 Å². The van der Waals surface area contributed by atoms with Gasteiger partial charge in [-0.05, 0) is 80.6 Å². The second kappa shape index (κ2) is 13.7. The molecule has 0 amide bonds. The van der Waals surface area contributed by atoms with Gasteiger partial charge in [0.05, 0.1) is 16.9 Å². The molecule has 250 valence electrons. The Morgan fingerprint density at radius 1 is 0.750 bits per heavy atom. The van der Waals surface area contributed by atoms with Gasteiger partial charge in [-0.25, -0.2) is 18.1 Å². The predicted octanol–water partition coefficient (Wildman–Crippen LogP) is 7.15. The van der Waals surface area contributed by atoms with E-state index in [1.54, 1.807) is 25.3 Å². The highest BCUT2D eigenvalue weighted by atomic mass is 35.5. The van der Waals surface area contributed by atoms with Crippen LogP contribution < -0.4 is 11.1 Å². The average molecular weight is 716 g/mol. The molecule has 3 aliphatic rings. The molecule has 2 aliphatic carbocycles. The summed E-state index contributed by atoms with van der Waals surface area (Å²) in [6.45, 7) is 8.10. The summed E-state index contributed by atoms with van der Waals surface area (Å²) < 4.78 is 41.7. The first-order valence-electron chi connectivity index (χ1n) is 14.9.